The quantitative estimate of drug-likeness (QED) is 0.863. The number of likely N-dealkylation sites (tertiary alicyclic amines) is 1. The maximum Gasteiger partial charge on any atom is 0.341 e. The Balaban J connectivity index is 1.85. The minimum absolute atomic E-state index is 0.176. The van der Waals surface area contributed by atoms with Crippen molar-refractivity contribution >= 4 is 5.97 Å². The Labute approximate surface area is 113 Å². The van der Waals surface area contributed by atoms with Crippen molar-refractivity contribution in [3.8, 4) is 0 Å². The fourth-order valence-electron chi connectivity index (χ4n) is 2.60. The van der Waals surface area contributed by atoms with Crippen LogP contribution < -0.4 is 0 Å². The summed E-state index contributed by atoms with van der Waals surface area (Å²) >= 11 is 0. The fraction of sp³-hybridized carbons (Fsp3) is 0.692. The van der Waals surface area contributed by atoms with E-state index in [0.29, 0.717) is 12.3 Å². The van der Waals surface area contributed by atoms with Crippen molar-refractivity contribution in [1.29, 1.82) is 0 Å². The Hall–Kier alpha value is -1.40. The highest BCUT2D eigenvalue weighted by Crippen LogP contribution is 2.20. The van der Waals surface area contributed by atoms with Gasteiger partial charge in [0.2, 0.25) is 0 Å². The van der Waals surface area contributed by atoms with E-state index in [0.717, 1.165) is 38.4 Å². The van der Waals surface area contributed by atoms with Crippen LogP contribution in [0.25, 0.3) is 0 Å². The number of carboxylic acids is 1. The van der Waals surface area contributed by atoms with Crippen molar-refractivity contribution in [2.75, 3.05) is 33.7 Å². The molecule has 0 aromatic carbocycles. The molecule has 6 heteroatoms. The lowest BCUT2D eigenvalue weighted by molar-refractivity contribution is 0.0690. The van der Waals surface area contributed by atoms with E-state index >= 15 is 0 Å². The molecule has 0 spiro atoms. The molecule has 1 N–H and O–H groups in total. The number of carboxylic acid groups (broad SMARTS) is 1. The van der Waals surface area contributed by atoms with E-state index in [-0.39, 0.29) is 5.56 Å². The zero-order valence-electron chi connectivity index (χ0n) is 11.5. The van der Waals surface area contributed by atoms with Crippen molar-refractivity contribution < 1.29 is 14.4 Å². The monoisotopic (exact) mass is 267 g/mol. The Morgan fingerprint density at radius 3 is 2.79 bits per heavy atom. The molecule has 0 atom stereocenters. The van der Waals surface area contributed by atoms with Crippen LogP contribution >= 0.6 is 0 Å². The third kappa shape index (κ3) is 3.78. The molecule has 19 heavy (non-hydrogen) atoms. The lowest BCUT2D eigenvalue weighted by Gasteiger charge is -2.32. The second kappa shape index (κ2) is 6.16. The highest BCUT2D eigenvalue weighted by atomic mass is 16.5. The van der Waals surface area contributed by atoms with Crippen LogP contribution in [-0.2, 0) is 6.54 Å². The molecule has 1 aliphatic rings. The number of carbonyl (C=O) groups is 1. The first-order valence-electron chi connectivity index (χ1n) is 6.60. The molecule has 0 amide bonds. The van der Waals surface area contributed by atoms with Gasteiger partial charge in [0.05, 0.1) is 12.7 Å². The van der Waals surface area contributed by atoms with Crippen LogP contribution in [0.4, 0.5) is 0 Å². The molecule has 0 bridgehead atoms. The molecule has 1 aliphatic heterocycles. The Morgan fingerprint density at radius 2 is 2.21 bits per heavy atom. The number of hydrogen-bond acceptors (Lipinski definition) is 5. The van der Waals surface area contributed by atoms with Crippen molar-refractivity contribution in [2.24, 2.45) is 5.92 Å². The van der Waals surface area contributed by atoms with E-state index < -0.39 is 5.97 Å². The van der Waals surface area contributed by atoms with Gasteiger partial charge in [-0.15, -0.1) is 0 Å². The van der Waals surface area contributed by atoms with Gasteiger partial charge in [-0.1, -0.05) is 5.16 Å². The predicted molar refractivity (Wildman–Crippen MR) is 70.0 cm³/mol. The molecule has 0 saturated carbocycles. The molecule has 1 aromatic heterocycles. The molecule has 1 aromatic rings. The highest BCUT2D eigenvalue weighted by molar-refractivity contribution is 5.88. The minimum atomic E-state index is -0.973. The van der Waals surface area contributed by atoms with Gasteiger partial charge >= 0.3 is 5.97 Å². The summed E-state index contributed by atoms with van der Waals surface area (Å²) in [5, 5.41) is 12.6. The number of rotatable bonds is 5. The lowest BCUT2D eigenvalue weighted by Crippen LogP contribution is -2.36. The van der Waals surface area contributed by atoms with Crippen LogP contribution in [-0.4, -0.2) is 59.8 Å². The van der Waals surface area contributed by atoms with Crippen molar-refractivity contribution in [3.05, 3.63) is 17.5 Å². The molecule has 1 fully saturated rings. The van der Waals surface area contributed by atoms with Gasteiger partial charge in [0.1, 0.15) is 5.56 Å². The molecule has 2 rings (SSSR count). The van der Waals surface area contributed by atoms with Crippen molar-refractivity contribution in [3.63, 3.8) is 0 Å². The van der Waals surface area contributed by atoms with Gasteiger partial charge in [-0.05, 0) is 45.9 Å². The van der Waals surface area contributed by atoms with E-state index in [9.17, 15) is 4.79 Å². The van der Waals surface area contributed by atoms with Crippen LogP contribution in [0.1, 0.15) is 29.0 Å². The van der Waals surface area contributed by atoms with Crippen LogP contribution in [0, 0.1) is 5.92 Å². The average Bonchev–Trinajstić information content (AvgIpc) is 2.79. The molecule has 0 aliphatic carbocycles. The topological polar surface area (TPSA) is 69.8 Å². The first-order valence-corrected chi connectivity index (χ1v) is 6.60. The molecule has 0 unspecified atom stereocenters. The summed E-state index contributed by atoms with van der Waals surface area (Å²) in [5.74, 6) is 0.220. The molecule has 106 valence electrons. The van der Waals surface area contributed by atoms with Gasteiger partial charge in [0.15, 0.2) is 5.76 Å². The highest BCUT2D eigenvalue weighted by Gasteiger charge is 2.23. The number of nitrogens with zero attached hydrogens (tertiary/aromatic N) is 3. The lowest BCUT2D eigenvalue weighted by atomic mass is 9.96. The summed E-state index contributed by atoms with van der Waals surface area (Å²) in [5.41, 5.74) is 0.176. The first-order chi connectivity index (χ1) is 9.06. The van der Waals surface area contributed by atoms with Crippen molar-refractivity contribution in [1.82, 2.24) is 15.0 Å². The number of aromatic nitrogens is 1. The van der Waals surface area contributed by atoms with Crippen LogP contribution in [0.15, 0.2) is 10.7 Å². The summed E-state index contributed by atoms with van der Waals surface area (Å²) < 4.78 is 5.04. The van der Waals surface area contributed by atoms with Crippen LogP contribution in [0.5, 0.6) is 0 Å². The Morgan fingerprint density at radius 1 is 1.53 bits per heavy atom. The predicted octanol–water partition coefficient (Wildman–Crippen LogP) is 1.15. The maximum atomic E-state index is 11.0. The van der Waals surface area contributed by atoms with E-state index in [1.165, 1.54) is 6.20 Å². The molecule has 0 radical (unpaired) electrons. The fourth-order valence-corrected chi connectivity index (χ4v) is 2.60. The van der Waals surface area contributed by atoms with Gasteiger partial charge < -0.3 is 14.5 Å². The molecule has 2 heterocycles. The van der Waals surface area contributed by atoms with Gasteiger partial charge in [-0.25, -0.2) is 4.79 Å². The summed E-state index contributed by atoms with van der Waals surface area (Å²) in [6.45, 7) is 3.63. The summed E-state index contributed by atoms with van der Waals surface area (Å²) in [6.07, 6.45) is 3.57. The SMILES string of the molecule is CN(C)CC1CCN(Cc2oncc2C(=O)O)CC1. The standard InChI is InChI=1S/C13H21N3O3/c1-15(2)8-10-3-5-16(6-4-10)9-12-11(13(17)18)7-14-19-12/h7,10H,3-6,8-9H2,1-2H3,(H,17,18). The summed E-state index contributed by atoms with van der Waals surface area (Å²) in [7, 11) is 4.19. The van der Waals surface area contributed by atoms with E-state index in [1.54, 1.807) is 0 Å². The van der Waals surface area contributed by atoms with Crippen molar-refractivity contribution in [2.45, 2.75) is 19.4 Å². The van der Waals surface area contributed by atoms with Gasteiger partial charge in [0.25, 0.3) is 0 Å². The molecular weight excluding hydrogens is 246 g/mol. The third-order valence-corrected chi connectivity index (χ3v) is 3.57. The second-order valence-corrected chi connectivity index (χ2v) is 5.45. The number of aromatic carboxylic acids is 1. The summed E-state index contributed by atoms with van der Waals surface area (Å²) in [6, 6.07) is 0. The molecule has 6 nitrogen and oxygen atoms in total. The zero-order valence-corrected chi connectivity index (χ0v) is 11.5. The second-order valence-electron chi connectivity index (χ2n) is 5.45. The van der Waals surface area contributed by atoms with Gasteiger partial charge in [0, 0.05) is 6.54 Å². The number of hydrogen-bond donors (Lipinski definition) is 1. The summed E-state index contributed by atoms with van der Waals surface area (Å²) in [4.78, 5) is 15.4. The maximum absolute atomic E-state index is 11.0. The average molecular weight is 267 g/mol. The normalized spacial score (nSPS) is 18.1. The zero-order chi connectivity index (χ0) is 13.8. The Bertz CT molecular complexity index is 423. The van der Waals surface area contributed by atoms with Crippen LogP contribution in [0.2, 0.25) is 0 Å². The third-order valence-electron chi connectivity index (χ3n) is 3.57. The largest absolute Gasteiger partial charge is 0.478 e. The van der Waals surface area contributed by atoms with Gasteiger partial charge in [-0.3, -0.25) is 4.90 Å². The molecular formula is C13H21N3O3. The van der Waals surface area contributed by atoms with Crippen LogP contribution in [0.3, 0.4) is 0 Å². The molecule has 1 saturated heterocycles. The van der Waals surface area contributed by atoms with E-state index in [2.05, 4.69) is 29.1 Å². The number of piperidine rings is 1. The van der Waals surface area contributed by atoms with E-state index in [4.69, 9.17) is 9.63 Å². The van der Waals surface area contributed by atoms with Gasteiger partial charge in [-0.2, -0.15) is 0 Å². The Kier molecular flexibility index (Phi) is 4.55. The first kappa shape index (κ1) is 14.0. The minimum Gasteiger partial charge on any atom is -0.478 e. The smallest absolute Gasteiger partial charge is 0.341 e. The van der Waals surface area contributed by atoms with E-state index in [1.807, 2.05) is 0 Å².